The summed E-state index contributed by atoms with van der Waals surface area (Å²) in [6.45, 7) is 19.4. The monoisotopic (exact) mass is 504 g/mol. The molecule has 0 aromatic carbocycles. The molecule has 2 bridgehead atoms. The van der Waals surface area contributed by atoms with E-state index in [4.69, 9.17) is 9.47 Å². The molecule has 2 unspecified atom stereocenters. The fourth-order valence-corrected chi connectivity index (χ4v) is 6.52. The van der Waals surface area contributed by atoms with E-state index in [-0.39, 0.29) is 30.9 Å². The molecule has 6 atom stereocenters. The molecule has 3 aliphatic heterocycles. The van der Waals surface area contributed by atoms with Crippen molar-refractivity contribution in [3.63, 3.8) is 0 Å². The number of hydrogen-bond donors (Lipinski definition) is 1. The minimum Gasteiger partial charge on any atom is -0.465 e. The molecule has 0 aromatic heterocycles. The SMILES string of the molecule is C=CCCOC(=O)[C@H]1[C@H]2C(=O)N([C@@H](CO)CC(C)C)C(C(=O)N(CC=C)C(C)(C)C)C23CC[C@]1(C)O3. The molecule has 0 saturated carbocycles. The van der Waals surface area contributed by atoms with Crippen LogP contribution in [0.2, 0.25) is 0 Å². The number of hydrogen-bond acceptors (Lipinski definition) is 6. The summed E-state index contributed by atoms with van der Waals surface area (Å²) in [4.78, 5) is 45.1. The second kappa shape index (κ2) is 10.3. The summed E-state index contributed by atoms with van der Waals surface area (Å²) in [5, 5.41) is 10.4. The summed E-state index contributed by atoms with van der Waals surface area (Å²) in [5.41, 5.74) is -2.58. The van der Waals surface area contributed by atoms with Crippen LogP contribution in [0, 0.1) is 17.8 Å². The lowest BCUT2D eigenvalue weighted by Gasteiger charge is -2.43. The molecular formula is C28H44N2O6. The summed E-state index contributed by atoms with van der Waals surface area (Å²) < 4.78 is 12.2. The Morgan fingerprint density at radius 2 is 1.94 bits per heavy atom. The number of aliphatic hydroxyl groups excluding tert-OH is 1. The van der Waals surface area contributed by atoms with E-state index in [1.807, 2.05) is 41.5 Å². The smallest absolute Gasteiger partial charge is 0.312 e. The topological polar surface area (TPSA) is 96.4 Å². The summed E-state index contributed by atoms with van der Waals surface area (Å²) >= 11 is 0. The zero-order chi connectivity index (χ0) is 27.1. The minimum atomic E-state index is -1.15. The number of carbonyl (C=O) groups excluding carboxylic acids is 3. The molecule has 202 valence electrons. The van der Waals surface area contributed by atoms with E-state index in [1.54, 1.807) is 22.0 Å². The third-order valence-corrected chi connectivity index (χ3v) is 8.00. The van der Waals surface area contributed by atoms with E-state index in [0.29, 0.717) is 32.2 Å². The average molecular weight is 505 g/mol. The van der Waals surface area contributed by atoms with Crippen LogP contribution in [0.4, 0.5) is 0 Å². The Balaban J connectivity index is 2.13. The van der Waals surface area contributed by atoms with Gasteiger partial charge in [-0.2, -0.15) is 0 Å². The van der Waals surface area contributed by atoms with Crippen LogP contribution in [0.5, 0.6) is 0 Å². The molecule has 8 nitrogen and oxygen atoms in total. The van der Waals surface area contributed by atoms with Gasteiger partial charge < -0.3 is 24.4 Å². The minimum absolute atomic E-state index is 0.179. The van der Waals surface area contributed by atoms with Crippen LogP contribution in [-0.2, 0) is 23.9 Å². The Hall–Kier alpha value is -2.19. The van der Waals surface area contributed by atoms with Crippen LogP contribution < -0.4 is 0 Å². The summed E-state index contributed by atoms with van der Waals surface area (Å²) in [6, 6.07) is -1.51. The number of nitrogens with zero attached hydrogens (tertiary/aromatic N) is 2. The number of fused-ring (bicyclic) bond motifs is 1. The molecule has 0 aromatic rings. The van der Waals surface area contributed by atoms with Gasteiger partial charge in [0.1, 0.15) is 17.6 Å². The molecule has 3 fully saturated rings. The van der Waals surface area contributed by atoms with Crippen molar-refractivity contribution < 1.29 is 29.0 Å². The zero-order valence-corrected chi connectivity index (χ0v) is 22.8. The second-order valence-electron chi connectivity index (χ2n) is 12.1. The molecular weight excluding hydrogens is 460 g/mol. The van der Waals surface area contributed by atoms with Crippen molar-refractivity contribution in [2.75, 3.05) is 19.8 Å². The Bertz CT molecular complexity index is 895. The maximum Gasteiger partial charge on any atom is 0.312 e. The number of esters is 1. The highest BCUT2D eigenvalue weighted by molar-refractivity contribution is 5.99. The third kappa shape index (κ3) is 4.62. The first-order valence-corrected chi connectivity index (χ1v) is 13.1. The molecule has 8 heteroatoms. The van der Waals surface area contributed by atoms with Crippen LogP contribution in [-0.4, -0.2) is 81.3 Å². The van der Waals surface area contributed by atoms with Crippen molar-refractivity contribution in [2.24, 2.45) is 17.8 Å². The molecule has 36 heavy (non-hydrogen) atoms. The van der Waals surface area contributed by atoms with Gasteiger partial charge in [0.2, 0.25) is 11.8 Å². The van der Waals surface area contributed by atoms with E-state index >= 15 is 0 Å². The lowest BCUT2D eigenvalue weighted by Crippen LogP contribution is -2.61. The predicted octanol–water partition coefficient (Wildman–Crippen LogP) is 3.09. The van der Waals surface area contributed by atoms with Crippen molar-refractivity contribution >= 4 is 17.8 Å². The number of amides is 2. The molecule has 1 spiro atoms. The lowest BCUT2D eigenvalue weighted by molar-refractivity contribution is -0.163. The Morgan fingerprint density at radius 3 is 2.47 bits per heavy atom. The van der Waals surface area contributed by atoms with Crippen molar-refractivity contribution in [3.05, 3.63) is 25.3 Å². The number of carbonyl (C=O) groups is 3. The fourth-order valence-electron chi connectivity index (χ4n) is 6.52. The third-order valence-electron chi connectivity index (χ3n) is 8.00. The van der Waals surface area contributed by atoms with Gasteiger partial charge >= 0.3 is 5.97 Å². The first-order valence-electron chi connectivity index (χ1n) is 13.1. The molecule has 2 amide bonds. The molecule has 0 aliphatic carbocycles. The predicted molar refractivity (Wildman–Crippen MR) is 137 cm³/mol. The first kappa shape index (κ1) is 28.4. The zero-order valence-electron chi connectivity index (χ0n) is 22.8. The van der Waals surface area contributed by atoms with Crippen molar-refractivity contribution in [2.45, 2.75) is 96.1 Å². The molecule has 3 aliphatic rings. The number of ether oxygens (including phenoxy) is 2. The van der Waals surface area contributed by atoms with E-state index in [0.717, 1.165) is 0 Å². The van der Waals surface area contributed by atoms with Crippen molar-refractivity contribution in [1.29, 1.82) is 0 Å². The Morgan fingerprint density at radius 1 is 1.28 bits per heavy atom. The van der Waals surface area contributed by atoms with Gasteiger partial charge in [0.25, 0.3) is 0 Å². The normalized spacial score (nSPS) is 31.9. The first-order chi connectivity index (χ1) is 16.8. The van der Waals surface area contributed by atoms with Crippen molar-refractivity contribution in [1.82, 2.24) is 9.80 Å². The van der Waals surface area contributed by atoms with Crippen LogP contribution in [0.1, 0.15) is 67.2 Å². The molecule has 1 N–H and O–H groups in total. The second-order valence-corrected chi connectivity index (χ2v) is 12.1. The Labute approximate surface area is 215 Å². The summed E-state index contributed by atoms with van der Waals surface area (Å²) in [7, 11) is 0. The van der Waals surface area contributed by atoms with Crippen LogP contribution in [0.15, 0.2) is 25.3 Å². The Kier molecular flexibility index (Phi) is 8.11. The maximum absolute atomic E-state index is 14.4. The number of rotatable bonds is 11. The van der Waals surface area contributed by atoms with E-state index < -0.39 is 46.6 Å². The van der Waals surface area contributed by atoms with Gasteiger partial charge in [-0.25, -0.2) is 0 Å². The van der Waals surface area contributed by atoms with Crippen LogP contribution in [0.25, 0.3) is 0 Å². The van der Waals surface area contributed by atoms with Gasteiger partial charge in [0.15, 0.2) is 0 Å². The molecule has 3 saturated heterocycles. The maximum atomic E-state index is 14.4. The highest BCUT2D eigenvalue weighted by Gasteiger charge is 2.79. The van der Waals surface area contributed by atoms with Gasteiger partial charge in [0.05, 0.1) is 30.8 Å². The summed E-state index contributed by atoms with van der Waals surface area (Å²) in [5.74, 6) is -2.50. The van der Waals surface area contributed by atoms with Gasteiger partial charge in [-0.15, -0.1) is 13.2 Å². The number of aliphatic hydroxyl groups is 1. The lowest BCUT2D eigenvalue weighted by atomic mass is 9.66. The van der Waals surface area contributed by atoms with Gasteiger partial charge in [-0.1, -0.05) is 26.0 Å². The van der Waals surface area contributed by atoms with Crippen molar-refractivity contribution in [3.8, 4) is 0 Å². The largest absolute Gasteiger partial charge is 0.465 e. The van der Waals surface area contributed by atoms with E-state index in [2.05, 4.69) is 13.2 Å². The molecule has 3 rings (SSSR count). The molecule has 3 heterocycles. The van der Waals surface area contributed by atoms with E-state index in [9.17, 15) is 19.5 Å². The quantitative estimate of drug-likeness (QED) is 0.264. The summed E-state index contributed by atoms with van der Waals surface area (Å²) in [6.07, 6.45) is 5.40. The average Bonchev–Trinajstić information content (AvgIpc) is 3.35. The van der Waals surface area contributed by atoms with Gasteiger partial charge in [0, 0.05) is 12.1 Å². The highest BCUT2D eigenvalue weighted by Crippen LogP contribution is 2.64. The van der Waals surface area contributed by atoms with Crippen LogP contribution >= 0.6 is 0 Å². The fraction of sp³-hybridized carbons (Fsp3) is 0.750. The standard InChI is InChI=1S/C28H44N2O6/c1-9-11-15-35-25(34)21-20-23(32)30(19(17-31)16-18(3)4)22(28(20)13-12-27(21,8)36-28)24(33)29(14-10-2)26(5,6)7/h9-10,18-22,31H,1-2,11-17H2,3-8H3/t19-,20+,21-,22?,27+,28?/m1/s1. The number of likely N-dealkylation sites (tertiary alicyclic amines) is 1. The van der Waals surface area contributed by atoms with Gasteiger partial charge in [-0.05, 0) is 59.3 Å². The van der Waals surface area contributed by atoms with Gasteiger partial charge in [-0.3, -0.25) is 14.4 Å². The highest BCUT2D eigenvalue weighted by atomic mass is 16.6. The van der Waals surface area contributed by atoms with E-state index in [1.165, 1.54) is 0 Å². The molecule has 0 radical (unpaired) electrons. The van der Waals surface area contributed by atoms with Crippen LogP contribution in [0.3, 0.4) is 0 Å².